The Hall–Kier alpha value is -2.11. The first-order valence-corrected chi connectivity index (χ1v) is 6.64. The van der Waals surface area contributed by atoms with Crippen LogP contribution in [0, 0.1) is 6.92 Å². The van der Waals surface area contributed by atoms with E-state index in [9.17, 15) is 18.0 Å². The maximum Gasteiger partial charge on any atom is 0.416 e. The predicted octanol–water partition coefficient (Wildman–Crippen LogP) is 3.64. The van der Waals surface area contributed by atoms with Crippen molar-refractivity contribution in [2.45, 2.75) is 31.9 Å². The molecule has 0 unspecified atom stereocenters. The van der Waals surface area contributed by atoms with Gasteiger partial charge in [0.2, 0.25) is 0 Å². The lowest BCUT2D eigenvalue weighted by Crippen LogP contribution is -2.16. The normalized spacial score (nSPS) is 15.2. The zero-order valence-corrected chi connectivity index (χ0v) is 11.3. The number of nitrogens with zero attached hydrogens (tertiary/aromatic N) is 1. The number of hydrogen-bond donors (Lipinski definition) is 1. The molecule has 1 aromatic carbocycles. The molecule has 0 amide bonds. The predicted molar refractivity (Wildman–Crippen MR) is 72.0 cm³/mol. The number of benzene rings is 1. The molecule has 1 aromatic heterocycles. The molecular formula is C15H13F3N2O. The summed E-state index contributed by atoms with van der Waals surface area (Å²) in [5.41, 5.74) is -0.0606. The molecule has 1 aliphatic carbocycles. The van der Waals surface area contributed by atoms with Gasteiger partial charge in [0.1, 0.15) is 5.82 Å². The highest BCUT2D eigenvalue weighted by molar-refractivity contribution is 5.63. The molecule has 21 heavy (non-hydrogen) atoms. The van der Waals surface area contributed by atoms with Crippen molar-refractivity contribution in [2.75, 3.05) is 0 Å². The van der Waals surface area contributed by atoms with Gasteiger partial charge in [-0.1, -0.05) is 12.1 Å². The molecule has 6 heteroatoms. The lowest BCUT2D eigenvalue weighted by atomic mass is 10.0. The summed E-state index contributed by atoms with van der Waals surface area (Å²) in [5, 5.41) is 0. The Balaban J connectivity index is 2.14. The monoisotopic (exact) mass is 294 g/mol. The first-order chi connectivity index (χ1) is 9.86. The second-order valence-electron chi connectivity index (χ2n) is 5.28. The number of H-pyrrole nitrogens is 1. The van der Waals surface area contributed by atoms with Gasteiger partial charge in [0, 0.05) is 17.0 Å². The second-order valence-corrected chi connectivity index (χ2v) is 5.28. The number of aromatic amines is 1. The summed E-state index contributed by atoms with van der Waals surface area (Å²) in [4.78, 5) is 19.0. The Bertz CT molecular complexity index is 745. The molecule has 0 radical (unpaired) electrons. The Morgan fingerprint density at radius 3 is 2.62 bits per heavy atom. The van der Waals surface area contributed by atoms with Gasteiger partial charge in [-0.05, 0) is 31.9 Å². The van der Waals surface area contributed by atoms with Crippen LogP contribution in [0.15, 0.2) is 29.1 Å². The summed E-state index contributed by atoms with van der Waals surface area (Å²) >= 11 is 0. The fraction of sp³-hybridized carbons (Fsp3) is 0.333. The number of alkyl halides is 3. The number of rotatable bonds is 2. The van der Waals surface area contributed by atoms with E-state index in [0.29, 0.717) is 22.6 Å². The highest BCUT2D eigenvalue weighted by atomic mass is 19.4. The minimum absolute atomic E-state index is 0.225. The van der Waals surface area contributed by atoms with Crippen molar-refractivity contribution < 1.29 is 13.2 Å². The molecule has 2 aromatic rings. The summed E-state index contributed by atoms with van der Waals surface area (Å²) in [7, 11) is 0. The minimum Gasteiger partial charge on any atom is -0.310 e. The molecule has 1 aliphatic rings. The molecule has 3 rings (SSSR count). The van der Waals surface area contributed by atoms with Gasteiger partial charge in [-0.3, -0.25) is 4.79 Å². The molecule has 3 nitrogen and oxygen atoms in total. The van der Waals surface area contributed by atoms with E-state index in [1.807, 2.05) is 0 Å². The third kappa shape index (κ3) is 2.70. The Morgan fingerprint density at radius 1 is 1.29 bits per heavy atom. The van der Waals surface area contributed by atoms with E-state index in [1.165, 1.54) is 6.07 Å². The maximum atomic E-state index is 12.8. The lowest BCUT2D eigenvalue weighted by Gasteiger charge is -2.10. The fourth-order valence-corrected chi connectivity index (χ4v) is 2.22. The second kappa shape index (κ2) is 4.72. The molecule has 0 aliphatic heterocycles. The van der Waals surface area contributed by atoms with Crippen LogP contribution in [-0.2, 0) is 6.18 Å². The average Bonchev–Trinajstić information content (AvgIpc) is 3.25. The molecule has 1 heterocycles. The van der Waals surface area contributed by atoms with Crippen LogP contribution in [0.5, 0.6) is 0 Å². The summed E-state index contributed by atoms with van der Waals surface area (Å²) in [5.74, 6) is 0.792. The topological polar surface area (TPSA) is 45.8 Å². The smallest absolute Gasteiger partial charge is 0.310 e. The Labute approximate surface area is 118 Å². The van der Waals surface area contributed by atoms with Crippen molar-refractivity contribution >= 4 is 0 Å². The Morgan fingerprint density at radius 2 is 2.00 bits per heavy atom. The van der Waals surface area contributed by atoms with E-state index in [4.69, 9.17) is 0 Å². The number of aromatic nitrogens is 2. The van der Waals surface area contributed by atoms with Crippen molar-refractivity contribution in [1.29, 1.82) is 0 Å². The van der Waals surface area contributed by atoms with Crippen molar-refractivity contribution in [2.24, 2.45) is 0 Å². The van der Waals surface area contributed by atoms with Crippen LogP contribution in [0.2, 0.25) is 0 Å². The highest BCUT2D eigenvalue weighted by Gasteiger charge is 2.31. The van der Waals surface area contributed by atoms with Crippen LogP contribution in [0.25, 0.3) is 11.3 Å². The summed E-state index contributed by atoms with van der Waals surface area (Å²) in [6.45, 7) is 1.57. The highest BCUT2D eigenvalue weighted by Crippen LogP contribution is 2.38. The van der Waals surface area contributed by atoms with Crippen LogP contribution in [0.1, 0.15) is 35.7 Å². The van der Waals surface area contributed by atoms with Crippen molar-refractivity contribution in [3.05, 3.63) is 51.6 Å². The van der Waals surface area contributed by atoms with E-state index >= 15 is 0 Å². The molecule has 0 saturated heterocycles. The summed E-state index contributed by atoms with van der Waals surface area (Å²) < 4.78 is 38.4. The van der Waals surface area contributed by atoms with Gasteiger partial charge in [-0.2, -0.15) is 13.2 Å². The molecule has 1 N–H and O–H groups in total. The van der Waals surface area contributed by atoms with Crippen LogP contribution < -0.4 is 5.56 Å². The van der Waals surface area contributed by atoms with Gasteiger partial charge >= 0.3 is 6.18 Å². The minimum atomic E-state index is -4.41. The maximum absolute atomic E-state index is 12.8. The standard InChI is InChI=1S/C15H13F3N2O/c1-8-12(19-13(9-5-6-9)20-14(8)21)10-3-2-4-11(7-10)15(16,17)18/h2-4,7,9H,5-6H2,1H3,(H,19,20,21). The zero-order valence-electron chi connectivity index (χ0n) is 11.3. The molecule has 0 atom stereocenters. The molecule has 0 bridgehead atoms. The van der Waals surface area contributed by atoms with E-state index in [0.717, 1.165) is 25.0 Å². The number of nitrogens with one attached hydrogen (secondary N) is 1. The summed E-state index contributed by atoms with van der Waals surface area (Å²) in [6, 6.07) is 4.91. The van der Waals surface area contributed by atoms with E-state index < -0.39 is 11.7 Å². The van der Waals surface area contributed by atoms with Crippen molar-refractivity contribution in [3.8, 4) is 11.3 Å². The van der Waals surface area contributed by atoms with Crippen molar-refractivity contribution in [3.63, 3.8) is 0 Å². The first-order valence-electron chi connectivity index (χ1n) is 6.64. The lowest BCUT2D eigenvalue weighted by molar-refractivity contribution is -0.137. The Kier molecular flexibility index (Phi) is 3.11. The molecule has 110 valence electrons. The molecule has 1 saturated carbocycles. The van der Waals surface area contributed by atoms with Gasteiger partial charge < -0.3 is 4.98 Å². The van der Waals surface area contributed by atoms with E-state index in [2.05, 4.69) is 9.97 Å². The fourth-order valence-electron chi connectivity index (χ4n) is 2.22. The number of halogens is 3. The van der Waals surface area contributed by atoms with Crippen LogP contribution >= 0.6 is 0 Å². The van der Waals surface area contributed by atoms with Crippen molar-refractivity contribution in [1.82, 2.24) is 9.97 Å². The largest absolute Gasteiger partial charge is 0.416 e. The van der Waals surface area contributed by atoms with E-state index in [1.54, 1.807) is 13.0 Å². The van der Waals surface area contributed by atoms with Crippen LogP contribution in [0.3, 0.4) is 0 Å². The summed E-state index contributed by atoms with van der Waals surface area (Å²) in [6.07, 6.45) is -2.51. The van der Waals surface area contributed by atoms with Crippen LogP contribution in [-0.4, -0.2) is 9.97 Å². The SMILES string of the molecule is Cc1c(-c2cccc(C(F)(F)F)c2)nc(C2CC2)[nH]c1=O. The van der Waals surface area contributed by atoms with Gasteiger partial charge in [0.15, 0.2) is 0 Å². The molecular weight excluding hydrogens is 281 g/mol. The third-order valence-corrected chi connectivity index (χ3v) is 3.60. The zero-order chi connectivity index (χ0) is 15.2. The number of hydrogen-bond acceptors (Lipinski definition) is 2. The van der Waals surface area contributed by atoms with Gasteiger partial charge in [0.25, 0.3) is 5.56 Å². The third-order valence-electron chi connectivity index (χ3n) is 3.60. The van der Waals surface area contributed by atoms with E-state index in [-0.39, 0.29) is 11.5 Å². The molecule has 0 spiro atoms. The van der Waals surface area contributed by atoms with Gasteiger partial charge in [-0.15, -0.1) is 0 Å². The van der Waals surface area contributed by atoms with Gasteiger partial charge in [0.05, 0.1) is 11.3 Å². The van der Waals surface area contributed by atoms with Crippen LogP contribution in [0.4, 0.5) is 13.2 Å². The van der Waals surface area contributed by atoms with Gasteiger partial charge in [-0.25, -0.2) is 4.98 Å². The quantitative estimate of drug-likeness (QED) is 0.919. The molecule has 1 fully saturated rings. The average molecular weight is 294 g/mol. The first kappa shape index (κ1) is 13.9.